The fourth-order valence-corrected chi connectivity index (χ4v) is 2.39. The van der Waals surface area contributed by atoms with Crippen molar-refractivity contribution in [1.82, 2.24) is 0 Å². The van der Waals surface area contributed by atoms with Gasteiger partial charge in [-0.15, -0.1) is 0 Å². The second-order valence-corrected chi connectivity index (χ2v) is 6.42. The van der Waals surface area contributed by atoms with Gasteiger partial charge in [-0.3, -0.25) is 9.59 Å². The topological polar surface area (TPSA) is 52.6 Å². The monoisotopic (exact) mass is 328 g/mol. The lowest BCUT2D eigenvalue weighted by atomic mass is 10.1. The molecule has 0 aliphatic carbocycles. The minimum Gasteiger partial charge on any atom is -0.466 e. The van der Waals surface area contributed by atoms with E-state index in [0.717, 1.165) is 44.9 Å². The van der Waals surface area contributed by atoms with Crippen LogP contribution in [0.25, 0.3) is 0 Å². The van der Waals surface area contributed by atoms with Crippen molar-refractivity contribution in [1.29, 1.82) is 0 Å². The molecule has 0 heterocycles. The van der Waals surface area contributed by atoms with E-state index >= 15 is 0 Å². The van der Waals surface area contributed by atoms with Crippen LogP contribution in [0, 0.1) is 5.92 Å². The van der Waals surface area contributed by atoms with Crippen molar-refractivity contribution in [2.45, 2.75) is 91.4 Å². The van der Waals surface area contributed by atoms with E-state index in [1.54, 1.807) is 0 Å². The lowest BCUT2D eigenvalue weighted by molar-refractivity contribution is -0.145. The summed E-state index contributed by atoms with van der Waals surface area (Å²) in [6.07, 6.45) is 10.0. The predicted octanol–water partition coefficient (Wildman–Crippen LogP) is 5.04. The van der Waals surface area contributed by atoms with Gasteiger partial charge >= 0.3 is 11.9 Å². The average molecular weight is 328 g/mol. The number of hydrogen-bond acceptors (Lipinski definition) is 4. The van der Waals surface area contributed by atoms with E-state index < -0.39 is 0 Å². The molecule has 1 atom stereocenters. The highest BCUT2D eigenvalue weighted by Crippen LogP contribution is 2.09. The molecule has 0 spiro atoms. The van der Waals surface area contributed by atoms with Gasteiger partial charge in [-0.1, -0.05) is 52.9 Å². The average Bonchev–Trinajstić information content (AvgIpc) is 2.52. The smallest absolute Gasteiger partial charge is 0.305 e. The Hall–Kier alpha value is -1.06. The lowest BCUT2D eigenvalue weighted by Gasteiger charge is -2.10. The number of carbonyl (C=O) groups is 2. The van der Waals surface area contributed by atoms with Crippen LogP contribution in [0.15, 0.2) is 0 Å². The zero-order valence-electron chi connectivity index (χ0n) is 15.4. The van der Waals surface area contributed by atoms with Crippen LogP contribution in [0.2, 0.25) is 0 Å². The van der Waals surface area contributed by atoms with Crippen molar-refractivity contribution in [3.63, 3.8) is 0 Å². The van der Waals surface area contributed by atoms with Crippen LogP contribution in [0.1, 0.15) is 91.4 Å². The summed E-state index contributed by atoms with van der Waals surface area (Å²) in [6.45, 7) is 7.46. The lowest BCUT2D eigenvalue weighted by Crippen LogP contribution is -2.11. The van der Waals surface area contributed by atoms with Crippen LogP contribution >= 0.6 is 0 Å². The van der Waals surface area contributed by atoms with Gasteiger partial charge in [0.15, 0.2) is 0 Å². The molecule has 0 saturated carbocycles. The van der Waals surface area contributed by atoms with E-state index in [-0.39, 0.29) is 11.9 Å². The Morgan fingerprint density at radius 3 is 2.00 bits per heavy atom. The van der Waals surface area contributed by atoms with Crippen molar-refractivity contribution in [2.24, 2.45) is 5.92 Å². The molecule has 0 N–H and O–H groups in total. The van der Waals surface area contributed by atoms with Gasteiger partial charge < -0.3 is 9.47 Å². The molecular formula is C19H36O4. The minimum atomic E-state index is -0.119. The quantitative estimate of drug-likeness (QED) is 0.312. The van der Waals surface area contributed by atoms with E-state index in [4.69, 9.17) is 9.47 Å². The first-order valence-corrected chi connectivity index (χ1v) is 9.41. The fraction of sp³-hybridized carbons (Fsp3) is 0.895. The predicted molar refractivity (Wildman–Crippen MR) is 93.2 cm³/mol. The first-order valence-electron chi connectivity index (χ1n) is 9.41. The second kappa shape index (κ2) is 15.8. The molecule has 0 aromatic heterocycles. The van der Waals surface area contributed by atoms with Gasteiger partial charge in [-0.25, -0.2) is 0 Å². The molecule has 0 bridgehead atoms. The molecule has 0 fully saturated rings. The molecule has 1 unspecified atom stereocenters. The van der Waals surface area contributed by atoms with Gasteiger partial charge in [0.05, 0.1) is 13.2 Å². The van der Waals surface area contributed by atoms with Crippen molar-refractivity contribution in [3.05, 3.63) is 0 Å². The van der Waals surface area contributed by atoms with Gasteiger partial charge in [-0.2, -0.15) is 0 Å². The number of unbranched alkanes of at least 4 members (excludes halogenated alkanes) is 5. The van der Waals surface area contributed by atoms with E-state index in [0.29, 0.717) is 32.0 Å². The van der Waals surface area contributed by atoms with Gasteiger partial charge in [0, 0.05) is 12.8 Å². The number of hydrogen-bond donors (Lipinski definition) is 0. The van der Waals surface area contributed by atoms with Crippen molar-refractivity contribution < 1.29 is 19.1 Å². The second-order valence-electron chi connectivity index (χ2n) is 6.42. The number of rotatable bonds is 15. The third-order valence-electron chi connectivity index (χ3n) is 3.83. The van der Waals surface area contributed by atoms with Crippen LogP contribution < -0.4 is 0 Å². The number of carbonyl (C=O) groups excluding carboxylic acids is 2. The van der Waals surface area contributed by atoms with Gasteiger partial charge in [0.2, 0.25) is 0 Å². The molecule has 0 saturated heterocycles. The summed E-state index contributed by atoms with van der Waals surface area (Å²) in [5, 5.41) is 0. The van der Waals surface area contributed by atoms with Gasteiger partial charge in [0.1, 0.15) is 0 Å². The molecule has 0 radical (unpaired) electrons. The Bertz CT molecular complexity index is 302. The molecular weight excluding hydrogens is 292 g/mol. The first-order chi connectivity index (χ1) is 11.1. The van der Waals surface area contributed by atoms with Crippen LogP contribution in [0.3, 0.4) is 0 Å². The molecule has 0 aliphatic heterocycles. The summed E-state index contributed by atoms with van der Waals surface area (Å²) in [7, 11) is 0. The van der Waals surface area contributed by atoms with Gasteiger partial charge in [-0.05, 0) is 31.6 Å². The number of ether oxygens (including phenoxy) is 2. The third kappa shape index (κ3) is 15.6. The zero-order chi connectivity index (χ0) is 17.3. The molecule has 0 aromatic carbocycles. The first kappa shape index (κ1) is 21.9. The summed E-state index contributed by atoms with van der Waals surface area (Å²) in [5.74, 6) is 0.208. The molecule has 4 heteroatoms. The maximum absolute atomic E-state index is 11.6. The van der Waals surface area contributed by atoms with E-state index in [1.165, 1.54) is 12.8 Å². The minimum absolute atomic E-state index is 0.113. The summed E-state index contributed by atoms with van der Waals surface area (Å²) < 4.78 is 10.4. The molecule has 0 aromatic rings. The maximum Gasteiger partial charge on any atom is 0.305 e. The molecule has 0 amide bonds. The Morgan fingerprint density at radius 2 is 1.39 bits per heavy atom. The van der Waals surface area contributed by atoms with Crippen molar-refractivity contribution in [3.8, 4) is 0 Å². The van der Waals surface area contributed by atoms with Crippen molar-refractivity contribution >= 4 is 11.9 Å². The summed E-state index contributed by atoms with van der Waals surface area (Å²) >= 11 is 0. The maximum atomic E-state index is 11.6. The third-order valence-corrected chi connectivity index (χ3v) is 3.83. The molecule has 0 rings (SSSR count). The highest BCUT2D eigenvalue weighted by molar-refractivity contribution is 5.69. The summed E-state index contributed by atoms with van der Waals surface area (Å²) in [6, 6.07) is 0. The van der Waals surface area contributed by atoms with Gasteiger partial charge in [0.25, 0.3) is 0 Å². The van der Waals surface area contributed by atoms with Crippen LogP contribution in [-0.4, -0.2) is 25.2 Å². The molecule has 4 nitrogen and oxygen atoms in total. The Balaban J connectivity index is 3.40. The SMILES string of the molecule is CCCCCCOC(=O)CCCCCC(=O)OCC(C)CCC. The van der Waals surface area contributed by atoms with Crippen LogP contribution in [0.5, 0.6) is 0 Å². The standard InChI is InChI=1S/C19H36O4/c1-4-6-7-11-15-22-18(20)13-9-8-10-14-19(21)23-16-17(3)12-5-2/h17H,4-16H2,1-3H3. The number of esters is 2. The van der Waals surface area contributed by atoms with E-state index in [1.807, 2.05) is 0 Å². The molecule has 136 valence electrons. The Morgan fingerprint density at radius 1 is 0.783 bits per heavy atom. The molecule has 0 aliphatic rings. The highest BCUT2D eigenvalue weighted by atomic mass is 16.5. The highest BCUT2D eigenvalue weighted by Gasteiger charge is 2.07. The summed E-state index contributed by atoms with van der Waals surface area (Å²) in [5.41, 5.74) is 0. The largest absolute Gasteiger partial charge is 0.466 e. The van der Waals surface area contributed by atoms with E-state index in [9.17, 15) is 9.59 Å². The van der Waals surface area contributed by atoms with Crippen molar-refractivity contribution in [2.75, 3.05) is 13.2 Å². The fourth-order valence-electron chi connectivity index (χ4n) is 2.39. The summed E-state index contributed by atoms with van der Waals surface area (Å²) in [4.78, 5) is 23.1. The van der Waals surface area contributed by atoms with E-state index in [2.05, 4.69) is 20.8 Å². The zero-order valence-corrected chi connectivity index (χ0v) is 15.4. The van der Waals surface area contributed by atoms with Crippen LogP contribution in [0.4, 0.5) is 0 Å². The van der Waals surface area contributed by atoms with Crippen LogP contribution in [-0.2, 0) is 19.1 Å². The Labute approximate surface area is 142 Å². The Kier molecular flexibility index (Phi) is 15.1. The molecule has 23 heavy (non-hydrogen) atoms. The normalized spacial score (nSPS) is 12.0.